The maximum absolute atomic E-state index is 10.7. The SMILES string of the molecule is CNC1CCCC1OCC(C)=O. The number of Topliss-reactive ketones (excluding diaryl/α,β-unsaturated/α-hetero) is 1. The van der Waals surface area contributed by atoms with Gasteiger partial charge < -0.3 is 10.1 Å². The molecule has 1 fully saturated rings. The van der Waals surface area contributed by atoms with Crippen molar-refractivity contribution in [2.45, 2.75) is 38.3 Å². The molecule has 12 heavy (non-hydrogen) atoms. The highest BCUT2D eigenvalue weighted by Gasteiger charge is 2.26. The second-order valence-electron chi connectivity index (χ2n) is 3.38. The fourth-order valence-electron chi connectivity index (χ4n) is 1.68. The number of carbonyl (C=O) groups excluding carboxylic acids is 1. The standard InChI is InChI=1S/C9H17NO2/c1-7(11)6-12-9-5-3-4-8(9)10-2/h8-10H,3-6H2,1-2H3. The monoisotopic (exact) mass is 171 g/mol. The first kappa shape index (κ1) is 9.68. The van der Waals surface area contributed by atoms with E-state index in [1.54, 1.807) is 6.92 Å². The van der Waals surface area contributed by atoms with Crippen LogP contribution >= 0.6 is 0 Å². The van der Waals surface area contributed by atoms with Crippen LogP contribution in [0, 0.1) is 0 Å². The van der Waals surface area contributed by atoms with Gasteiger partial charge in [-0.1, -0.05) is 0 Å². The van der Waals surface area contributed by atoms with Crippen molar-refractivity contribution in [3.05, 3.63) is 0 Å². The molecule has 0 aromatic heterocycles. The van der Waals surface area contributed by atoms with Crippen LogP contribution in [0.25, 0.3) is 0 Å². The third kappa shape index (κ3) is 2.57. The predicted octanol–water partition coefficient (Wildman–Crippen LogP) is 0.732. The zero-order valence-electron chi connectivity index (χ0n) is 7.80. The van der Waals surface area contributed by atoms with Gasteiger partial charge in [-0.2, -0.15) is 0 Å². The molecule has 1 saturated carbocycles. The Kier molecular flexibility index (Phi) is 3.69. The minimum Gasteiger partial charge on any atom is -0.369 e. The number of ether oxygens (including phenoxy) is 1. The van der Waals surface area contributed by atoms with E-state index in [9.17, 15) is 4.79 Å². The number of hydrogen-bond acceptors (Lipinski definition) is 3. The molecule has 0 aromatic carbocycles. The van der Waals surface area contributed by atoms with E-state index in [0.717, 1.165) is 6.42 Å². The number of hydrogen-bond donors (Lipinski definition) is 1. The quantitative estimate of drug-likeness (QED) is 0.677. The lowest BCUT2D eigenvalue weighted by Gasteiger charge is -2.18. The van der Waals surface area contributed by atoms with Crippen LogP contribution in [0.15, 0.2) is 0 Å². The number of nitrogens with one attached hydrogen (secondary N) is 1. The van der Waals surface area contributed by atoms with Gasteiger partial charge in [0.25, 0.3) is 0 Å². The van der Waals surface area contributed by atoms with Crippen molar-refractivity contribution in [2.24, 2.45) is 0 Å². The smallest absolute Gasteiger partial charge is 0.155 e. The molecule has 1 aliphatic rings. The van der Waals surface area contributed by atoms with Gasteiger partial charge in [0.1, 0.15) is 6.61 Å². The molecule has 1 aliphatic carbocycles. The Bertz CT molecular complexity index is 159. The van der Waals surface area contributed by atoms with E-state index in [2.05, 4.69) is 5.32 Å². The van der Waals surface area contributed by atoms with Crippen LogP contribution in [0.1, 0.15) is 26.2 Å². The van der Waals surface area contributed by atoms with E-state index in [-0.39, 0.29) is 18.5 Å². The second kappa shape index (κ2) is 4.58. The van der Waals surface area contributed by atoms with Crippen LogP contribution in [-0.2, 0) is 9.53 Å². The molecular formula is C9H17NO2. The van der Waals surface area contributed by atoms with Crippen LogP contribution in [0.4, 0.5) is 0 Å². The van der Waals surface area contributed by atoms with Crippen molar-refractivity contribution in [2.75, 3.05) is 13.7 Å². The van der Waals surface area contributed by atoms with Crippen molar-refractivity contribution >= 4 is 5.78 Å². The lowest BCUT2D eigenvalue weighted by molar-refractivity contribution is -0.123. The van der Waals surface area contributed by atoms with Gasteiger partial charge in [-0.3, -0.25) is 4.79 Å². The average Bonchev–Trinajstić information content (AvgIpc) is 2.47. The molecule has 0 amide bonds. The van der Waals surface area contributed by atoms with Crippen molar-refractivity contribution in [1.82, 2.24) is 5.32 Å². The Balaban J connectivity index is 2.26. The molecule has 70 valence electrons. The first-order valence-corrected chi connectivity index (χ1v) is 4.52. The maximum atomic E-state index is 10.7. The summed E-state index contributed by atoms with van der Waals surface area (Å²) in [6.07, 6.45) is 3.70. The molecule has 0 heterocycles. The van der Waals surface area contributed by atoms with E-state index >= 15 is 0 Å². The van der Waals surface area contributed by atoms with Crippen molar-refractivity contribution in [3.63, 3.8) is 0 Å². The van der Waals surface area contributed by atoms with Gasteiger partial charge in [-0.15, -0.1) is 0 Å². The summed E-state index contributed by atoms with van der Waals surface area (Å²) < 4.78 is 5.46. The lowest BCUT2D eigenvalue weighted by atomic mass is 10.2. The highest BCUT2D eigenvalue weighted by atomic mass is 16.5. The summed E-state index contributed by atoms with van der Waals surface area (Å²) in [5.41, 5.74) is 0. The number of likely N-dealkylation sites (N-methyl/N-ethyl adjacent to an activating group) is 1. The molecule has 1 rings (SSSR count). The van der Waals surface area contributed by atoms with Crippen LogP contribution in [0.3, 0.4) is 0 Å². The van der Waals surface area contributed by atoms with Crippen LogP contribution in [0.2, 0.25) is 0 Å². The molecule has 0 saturated heterocycles. The Labute approximate surface area is 73.5 Å². The van der Waals surface area contributed by atoms with Gasteiger partial charge in [0.05, 0.1) is 6.10 Å². The Morgan fingerprint density at radius 2 is 2.33 bits per heavy atom. The van der Waals surface area contributed by atoms with Gasteiger partial charge in [-0.05, 0) is 33.2 Å². The summed E-state index contributed by atoms with van der Waals surface area (Å²) >= 11 is 0. The first-order valence-electron chi connectivity index (χ1n) is 4.52. The molecular weight excluding hydrogens is 154 g/mol. The van der Waals surface area contributed by atoms with Crippen molar-refractivity contribution < 1.29 is 9.53 Å². The van der Waals surface area contributed by atoms with E-state index in [4.69, 9.17) is 4.74 Å². The Morgan fingerprint density at radius 1 is 1.58 bits per heavy atom. The number of rotatable bonds is 4. The minimum atomic E-state index is 0.108. The maximum Gasteiger partial charge on any atom is 0.155 e. The Morgan fingerprint density at radius 3 is 2.92 bits per heavy atom. The summed E-state index contributed by atoms with van der Waals surface area (Å²) in [5.74, 6) is 0.108. The summed E-state index contributed by atoms with van der Waals surface area (Å²) in [7, 11) is 1.94. The van der Waals surface area contributed by atoms with Crippen molar-refractivity contribution in [1.29, 1.82) is 0 Å². The highest BCUT2D eigenvalue weighted by molar-refractivity contribution is 5.76. The van der Waals surface area contributed by atoms with Gasteiger partial charge in [0, 0.05) is 6.04 Å². The van der Waals surface area contributed by atoms with E-state index in [1.807, 2.05) is 7.05 Å². The molecule has 3 nitrogen and oxygen atoms in total. The molecule has 0 bridgehead atoms. The van der Waals surface area contributed by atoms with Crippen LogP contribution in [-0.4, -0.2) is 31.6 Å². The van der Waals surface area contributed by atoms with E-state index in [0.29, 0.717) is 6.04 Å². The van der Waals surface area contributed by atoms with Gasteiger partial charge in [0.2, 0.25) is 0 Å². The van der Waals surface area contributed by atoms with E-state index in [1.165, 1.54) is 12.8 Å². The number of ketones is 1. The lowest BCUT2D eigenvalue weighted by Crippen LogP contribution is -2.35. The van der Waals surface area contributed by atoms with Gasteiger partial charge >= 0.3 is 0 Å². The molecule has 2 atom stereocenters. The molecule has 0 spiro atoms. The molecule has 3 heteroatoms. The largest absolute Gasteiger partial charge is 0.369 e. The molecule has 0 radical (unpaired) electrons. The Hall–Kier alpha value is -0.410. The van der Waals surface area contributed by atoms with Gasteiger partial charge in [-0.25, -0.2) is 0 Å². The highest BCUT2D eigenvalue weighted by Crippen LogP contribution is 2.21. The summed E-state index contributed by atoms with van der Waals surface area (Å²) in [5, 5.41) is 3.20. The molecule has 2 unspecified atom stereocenters. The summed E-state index contributed by atoms with van der Waals surface area (Å²) in [6, 6.07) is 0.448. The predicted molar refractivity (Wildman–Crippen MR) is 47.1 cm³/mol. The molecule has 0 aromatic rings. The summed E-state index contributed by atoms with van der Waals surface area (Å²) in [6.45, 7) is 1.83. The zero-order chi connectivity index (χ0) is 8.97. The average molecular weight is 171 g/mol. The second-order valence-corrected chi connectivity index (χ2v) is 3.38. The third-order valence-electron chi connectivity index (χ3n) is 2.32. The van der Waals surface area contributed by atoms with E-state index < -0.39 is 0 Å². The molecule has 1 N–H and O–H groups in total. The first-order chi connectivity index (χ1) is 5.74. The third-order valence-corrected chi connectivity index (χ3v) is 2.32. The zero-order valence-corrected chi connectivity index (χ0v) is 7.80. The molecule has 0 aliphatic heterocycles. The normalized spacial score (nSPS) is 29.2. The van der Waals surface area contributed by atoms with Crippen LogP contribution < -0.4 is 5.32 Å². The summed E-state index contributed by atoms with van der Waals surface area (Å²) in [4.78, 5) is 10.7. The topological polar surface area (TPSA) is 38.3 Å². The van der Waals surface area contributed by atoms with Crippen LogP contribution in [0.5, 0.6) is 0 Å². The van der Waals surface area contributed by atoms with Gasteiger partial charge in [0.15, 0.2) is 5.78 Å². The fraction of sp³-hybridized carbons (Fsp3) is 0.889. The number of carbonyl (C=O) groups is 1. The minimum absolute atomic E-state index is 0.108. The van der Waals surface area contributed by atoms with Crippen molar-refractivity contribution in [3.8, 4) is 0 Å². The fourth-order valence-corrected chi connectivity index (χ4v) is 1.68.